The number of furan rings is 1. The van der Waals surface area contributed by atoms with E-state index in [1.807, 2.05) is 6.07 Å². The highest BCUT2D eigenvalue weighted by atomic mass is 16.3. The maximum Gasteiger partial charge on any atom is 0.244 e. The number of aryl methyl sites for hydroxylation is 1. The lowest BCUT2D eigenvalue weighted by molar-refractivity contribution is -0.116. The largest absolute Gasteiger partial charge is 0.469 e. The van der Waals surface area contributed by atoms with Gasteiger partial charge in [-0.3, -0.25) is 4.79 Å². The van der Waals surface area contributed by atoms with E-state index in [0.717, 1.165) is 50.0 Å². The van der Waals surface area contributed by atoms with Crippen molar-refractivity contribution in [2.45, 2.75) is 32.1 Å². The molecule has 1 aromatic rings. The molecule has 1 aromatic heterocycles. The number of amides is 1. The zero-order valence-electron chi connectivity index (χ0n) is 10.5. The smallest absolute Gasteiger partial charge is 0.244 e. The topological polar surface area (TPSA) is 42.2 Å². The first-order valence-corrected chi connectivity index (χ1v) is 6.53. The average Bonchev–Trinajstić information content (AvgIpc) is 2.81. The van der Waals surface area contributed by atoms with E-state index in [1.54, 1.807) is 18.4 Å². The van der Waals surface area contributed by atoms with E-state index in [1.165, 1.54) is 0 Å². The Kier molecular flexibility index (Phi) is 4.82. The van der Waals surface area contributed by atoms with Crippen LogP contribution in [-0.4, -0.2) is 12.5 Å². The molecule has 1 aliphatic heterocycles. The first-order chi connectivity index (χ1) is 8.84. The molecule has 1 amide bonds. The fourth-order valence-electron chi connectivity index (χ4n) is 1.91. The number of allylic oxidation sites excluding steroid dienone is 2. The van der Waals surface area contributed by atoms with Crippen LogP contribution in [0.15, 0.2) is 35.0 Å². The summed E-state index contributed by atoms with van der Waals surface area (Å²) in [4.78, 5) is 11.5. The minimum absolute atomic E-state index is 0.0387. The van der Waals surface area contributed by atoms with Crippen LogP contribution in [0, 0.1) is 0 Å². The third-order valence-corrected chi connectivity index (χ3v) is 2.92. The van der Waals surface area contributed by atoms with Gasteiger partial charge in [0.05, 0.1) is 6.26 Å². The number of fused-ring (bicyclic) bond motifs is 2. The second kappa shape index (κ2) is 6.84. The molecule has 0 unspecified atom stereocenters. The monoisotopic (exact) mass is 245 g/mol. The van der Waals surface area contributed by atoms with Crippen molar-refractivity contribution < 1.29 is 9.21 Å². The van der Waals surface area contributed by atoms with Crippen molar-refractivity contribution >= 4 is 12.0 Å². The molecule has 3 nitrogen and oxygen atoms in total. The number of carbonyl (C=O) groups is 1. The Morgan fingerprint density at radius 2 is 2.00 bits per heavy atom. The summed E-state index contributed by atoms with van der Waals surface area (Å²) < 4.78 is 5.43. The molecular formula is C15H19NO2. The molecular weight excluding hydrogens is 226 g/mol. The summed E-state index contributed by atoms with van der Waals surface area (Å²) in [7, 11) is 0. The number of nitrogens with one attached hydrogen (secondary N) is 1. The highest BCUT2D eigenvalue weighted by Crippen LogP contribution is 2.12. The van der Waals surface area contributed by atoms with Crippen LogP contribution in [0.25, 0.3) is 6.08 Å². The van der Waals surface area contributed by atoms with Gasteiger partial charge in [0.2, 0.25) is 5.91 Å². The van der Waals surface area contributed by atoms with Gasteiger partial charge in [0.15, 0.2) is 0 Å². The molecule has 0 radical (unpaired) electrons. The molecule has 0 fully saturated rings. The lowest BCUT2D eigenvalue weighted by Gasteiger charge is -2.00. The van der Waals surface area contributed by atoms with Crippen LogP contribution in [0.2, 0.25) is 0 Å². The van der Waals surface area contributed by atoms with Gasteiger partial charge in [0.25, 0.3) is 0 Å². The maximum atomic E-state index is 11.5. The SMILES string of the molecule is O=C1/C=C\c2coc(c2)CC/C=C\CCCCN1. The predicted molar refractivity (Wildman–Crippen MR) is 72.1 cm³/mol. The third-order valence-electron chi connectivity index (χ3n) is 2.92. The normalized spacial score (nSPS) is 21.4. The molecule has 2 bridgehead atoms. The Bertz CT molecular complexity index is 443. The molecule has 1 N–H and O–H groups in total. The minimum Gasteiger partial charge on any atom is -0.469 e. The van der Waals surface area contributed by atoms with Gasteiger partial charge in [-0.2, -0.15) is 0 Å². The highest BCUT2D eigenvalue weighted by Gasteiger charge is 2.00. The standard InChI is InChI=1S/C15H19NO2/c17-15-9-8-13-11-14(18-12-13)7-5-3-1-2-4-6-10-16-15/h1,3,8-9,11-12H,2,4-7,10H2,(H,16,17)/b3-1-,9-8-. The molecule has 0 spiro atoms. The van der Waals surface area contributed by atoms with Gasteiger partial charge in [0.1, 0.15) is 5.76 Å². The minimum atomic E-state index is -0.0387. The van der Waals surface area contributed by atoms with Crippen LogP contribution >= 0.6 is 0 Å². The van der Waals surface area contributed by atoms with Gasteiger partial charge in [0, 0.05) is 24.6 Å². The summed E-state index contributed by atoms with van der Waals surface area (Å²) in [6.45, 7) is 0.744. The van der Waals surface area contributed by atoms with Gasteiger partial charge in [-0.25, -0.2) is 0 Å². The Hall–Kier alpha value is -1.77. The van der Waals surface area contributed by atoms with Crippen LogP contribution < -0.4 is 5.32 Å². The van der Waals surface area contributed by atoms with Gasteiger partial charge in [-0.15, -0.1) is 0 Å². The lowest BCUT2D eigenvalue weighted by Crippen LogP contribution is -2.21. The zero-order valence-corrected chi connectivity index (χ0v) is 10.5. The first kappa shape index (κ1) is 12.7. The Morgan fingerprint density at radius 1 is 1.11 bits per heavy atom. The molecule has 1 aliphatic rings. The molecule has 2 heterocycles. The van der Waals surface area contributed by atoms with Gasteiger partial charge in [-0.1, -0.05) is 12.2 Å². The molecule has 2 rings (SSSR count). The van der Waals surface area contributed by atoms with E-state index in [0.29, 0.717) is 0 Å². The summed E-state index contributed by atoms with van der Waals surface area (Å²) in [6, 6.07) is 1.98. The van der Waals surface area contributed by atoms with Crippen molar-refractivity contribution in [1.82, 2.24) is 5.32 Å². The molecule has 18 heavy (non-hydrogen) atoms. The Labute approximate surface area is 108 Å². The zero-order chi connectivity index (χ0) is 12.6. The van der Waals surface area contributed by atoms with Crippen LogP contribution in [0.3, 0.4) is 0 Å². The third kappa shape index (κ3) is 4.24. The predicted octanol–water partition coefficient (Wildman–Crippen LogP) is 3.08. The molecule has 96 valence electrons. The van der Waals surface area contributed by atoms with Crippen LogP contribution in [0.5, 0.6) is 0 Å². The Balaban J connectivity index is 2.02. The molecule has 0 aromatic carbocycles. The first-order valence-electron chi connectivity index (χ1n) is 6.53. The van der Waals surface area contributed by atoms with E-state index in [9.17, 15) is 4.79 Å². The van der Waals surface area contributed by atoms with Crippen molar-refractivity contribution in [3.8, 4) is 0 Å². The molecule has 0 atom stereocenters. The fraction of sp³-hybridized carbons (Fsp3) is 0.400. The van der Waals surface area contributed by atoms with E-state index in [-0.39, 0.29) is 5.91 Å². The summed E-state index contributed by atoms with van der Waals surface area (Å²) >= 11 is 0. The van der Waals surface area contributed by atoms with Crippen LogP contribution in [-0.2, 0) is 11.2 Å². The second-order valence-electron chi connectivity index (χ2n) is 4.48. The van der Waals surface area contributed by atoms with Crippen molar-refractivity contribution in [3.05, 3.63) is 41.9 Å². The van der Waals surface area contributed by atoms with Crippen molar-refractivity contribution in [1.29, 1.82) is 0 Å². The number of carbonyl (C=O) groups excluding carboxylic acids is 1. The quantitative estimate of drug-likeness (QED) is 0.714. The van der Waals surface area contributed by atoms with E-state index >= 15 is 0 Å². The average molecular weight is 245 g/mol. The summed E-state index contributed by atoms with van der Waals surface area (Å²) in [5, 5.41) is 2.87. The Morgan fingerprint density at radius 3 is 2.94 bits per heavy atom. The van der Waals surface area contributed by atoms with Crippen molar-refractivity contribution in [2.24, 2.45) is 0 Å². The van der Waals surface area contributed by atoms with Crippen molar-refractivity contribution in [2.75, 3.05) is 6.54 Å². The maximum absolute atomic E-state index is 11.5. The molecule has 0 saturated carbocycles. The molecule has 0 aliphatic carbocycles. The van der Waals surface area contributed by atoms with Crippen LogP contribution in [0.4, 0.5) is 0 Å². The van der Waals surface area contributed by atoms with Crippen molar-refractivity contribution in [3.63, 3.8) is 0 Å². The van der Waals surface area contributed by atoms with Crippen LogP contribution in [0.1, 0.15) is 37.0 Å². The number of hydrogen-bond acceptors (Lipinski definition) is 2. The van der Waals surface area contributed by atoms with E-state index < -0.39 is 0 Å². The van der Waals surface area contributed by atoms with E-state index in [4.69, 9.17) is 4.42 Å². The van der Waals surface area contributed by atoms with Gasteiger partial charge < -0.3 is 9.73 Å². The van der Waals surface area contributed by atoms with Gasteiger partial charge >= 0.3 is 0 Å². The lowest BCUT2D eigenvalue weighted by atomic mass is 10.2. The molecule has 0 saturated heterocycles. The van der Waals surface area contributed by atoms with Gasteiger partial charge in [-0.05, 0) is 37.8 Å². The molecule has 3 heteroatoms. The highest BCUT2D eigenvalue weighted by molar-refractivity contribution is 5.91. The van der Waals surface area contributed by atoms with E-state index in [2.05, 4.69) is 17.5 Å². The summed E-state index contributed by atoms with van der Waals surface area (Å²) in [5.41, 5.74) is 0.944. The summed E-state index contributed by atoms with van der Waals surface area (Å²) in [6.07, 6.45) is 14.6. The summed E-state index contributed by atoms with van der Waals surface area (Å²) in [5.74, 6) is 0.928. The fourth-order valence-corrected chi connectivity index (χ4v) is 1.91. The second-order valence-corrected chi connectivity index (χ2v) is 4.48. The number of rotatable bonds is 0. The number of hydrogen-bond donors (Lipinski definition) is 1.